The number of hydrogen-bond donors (Lipinski definition) is 3. The van der Waals surface area contributed by atoms with E-state index in [2.05, 4.69) is 39.7 Å². The fourth-order valence-electron chi connectivity index (χ4n) is 4.51. The van der Waals surface area contributed by atoms with Crippen LogP contribution in [0.3, 0.4) is 0 Å². The Labute approximate surface area is 166 Å². The summed E-state index contributed by atoms with van der Waals surface area (Å²) in [6, 6.07) is 8.45. The van der Waals surface area contributed by atoms with Gasteiger partial charge in [0.1, 0.15) is 5.52 Å². The van der Waals surface area contributed by atoms with Crippen LogP contribution in [-0.2, 0) is 4.79 Å². The van der Waals surface area contributed by atoms with Gasteiger partial charge < -0.3 is 20.4 Å². The molecule has 1 aromatic heterocycles. The van der Waals surface area contributed by atoms with Crippen LogP contribution < -0.4 is 16.0 Å². The minimum Gasteiger partial charge on any atom is -0.440 e. The molecule has 0 bridgehead atoms. The number of benzene rings is 1. The number of oxazole rings is 1. The Kier molecular flexibility index (Phi) is 5.94. The molecule has 3 N–H and O–H groups in total. The summed E-state index contributed by atoms with van der Waals surface area (Å²) in [6.45, 7) is 8.85. The zero-order valence-corrected chi connectivity index (χ0v) is 16.8. The van der Waals surface area contributed by atoms with Crippen molar-refractivity contribution >= 4 is 17.0 Å². The number of fused-ring (bicyclic) bond motifs is 1. The van der Waals surface area contributed by atoms with E-state index in [0.717, 1.165) is 50.1 Å². The lowest BCUT2D eigenvalue weighted by Gasteiger charge is -2.39. The summed E-state index contributed by atoms with van der Waals surface area (Å²) in [6.07, 6.45) is 1.92. The van der Waals surface area contributed by atoms with Crippen molar-refractivity contribution in [3.8, 4) is 0 Å². The average molecular weight is 386 g/mol. The number of para-hydroxylation sites is 2. The minimum atomic E-state index is -0.292. The molecule has 1 amide bonds. The standard InChI is InChI=1S/C21H31N5O2/c1-14-12-22-13-15(2)26(14)11-10-24-20(27)19-16(6-5-9-23-19)21-25-17-7-3-4-8-18(17)28-21/h3-4,7-8,14-16,19,22-23H,5-6,9-13H2,1-2H3,(H,24,27)/t14-,15+,16?,19-/m0/s1. The summed E-state index contributed by atoms with van der Waals surface area (Å²) < 4.78 is 5.97. The third kappa shape index (κ3) is 4.06. The van der Waals surface area contributed by atoms with Crippen molar-refractivity contribution in [3.05, 3.63) is 30.2 Å². The van der Waals surface area contributed by atoms with Crippen LogP contribution in [0.25, 0.3) is 11.1 Å². The van der Waals surface area contributed by atoms with E-state index in [1.54, 1.807) is 0 Å². The molecule has 2 saturated heterocycles. The summed E-state index contributed by atoms with van der Waals surface area (Å²) in [5, 5.41) is 9.97. The van der Waals surface area contributed by atoms with Gasteiger partial charge in [-0.2, -0.15) is 0 Å². The van der Waals surface area contributed by atoms with Crippen molar-refractivity contribution < 1.29 is 9.21 Å². The topological polar surface area (TPSA) is 82.4 Å². The van der Waals surface area contributed by atoms with Crippen LogP contribution >= 0.6 is 0 Å². The minimum absolute atomic E-state index is 0.0295. The quantitative estimate of drug-likeness (QED) is 0.723. The number of amides is 1. The van der Waals surface area contributed by atoms with Crippen LogP contribution in [0, 0.1) is 0 Å². The van der Waals surface area contributed by atoms with Crippen LogP contribution in [0.4, 0.5) is 0 Å². The third-order valence-electron chi connectivity index (χ3n) is 6.05. The van der Waals surface area contributed by atoms with Crippen molar-refractivity contribution in [2.45, 2.75) is 50.7 Å². The normalized spacial score (nSPS) is 29.1. The van der Waals surface area contributed by atoms with Crippen molar-refractivity contribution in [3.63, 3.8) is 0 Å². The number of rotatable bonds is 5. The lowest BCUT2D eigenvalue weighted by molar-refractivity contribution is -0.124. The van der Waals surface area contributed by atoms with E-state index in [9.17, 15) is 4.79 Å². The number of piperazine rings is 1. The number of hydrogen-bond acceptors (Lipinski definition) is 6. The van der Waals surface area contributed by atoms with Gasteiger partial charge in [-0.25, -0.2) is 4.98 Å². The Morgan fingerprint density at radius 3 is 2.86 bits per heavy atom. The number of carbonyl (C=O) groups is 1. The van der Waals surface area contributed by atoms with E-state index in [1.807, 2.05) is 24.3 Å². The Balaban J connectivity index is 1.39. The molecule has 1 unspecified atom stereocenters. The zero-order valence-electron chi connectivity index (χ0n) is 16.8. The summed E-state index contributed by atoms with van der Waals surface area (Å²) in [5.74, 6) is 0.679. The maximum absolute atomic E-state index is 12.9. The van der Waals surface area contributed by atoms with Crippen LogP contribution in [0.15, 0.2) is 28.7 Å². The van der Waals surface area contributed by atoms with E-state index in [0.29, 0.717) is 24.5 Å². The first-order valence-electron chi connectivity index (χ1n) is 10.5. The SMILES string of the molecule is C[C@@H]1CNC[C@H](C)N1CCNC(=O)[C@H]1NCCCC1c1nc2ccccc2o1. The molecule has 2 fully saturated rings. The zero-order chi connectivity index (χ0) is 19.5. The molecule has 28 heavy (non-hydrogen) atoms. The van der Waals surface area contributed by atoms with E-state index in [-0.39, 0.29) is 17.9 Å². The highest BCUT2D eigenvalue weighted by Gasteiger charge is 2.35. The first kappa shape index (κ1) is 19.4. The van der Waals surface area contributed by atoms with Gasteiger partial charge in [-0.3, -0.25) is 9.69 Å². The molecule has 2 aliphatic rings. The largest absolute Gasteiger partial charge is 0.440 e. The molecule has 0 saturated carbocycles. The van der Waals surface area contributed by atoms with Crippen molar-refractivity contribution in [2.75, 3.05) is 32.7 Å². The Morgan fingerprint density at radius 1 is 1.29 bits per heavy atom. The predicted octanol–water partition coefficient (Wildman–Crippen LogP) is 1.46. The van der Waals surface area contributed by atoms with Gasteiger partial charge in [0, 0.05) is 38.3 Å². The third-order valence-corrected chi connectivity index (χ3v) is 6.05. The molecule has 2 aromatic rings. The monoisotopic (exact) mass is 385 g/mol. The van der Waals surface area contributed by atoms with Gasteiger partial charge >= 0.3 is 0 Å². The van der Waals surface area contributed by atoms with Gasteiger partial charge in [-0.1, -0.05) is 12.1 Å². The Bertz CT molecular complexity index is 764. The molecule has 0 radical (unpaired) electrons. The molecular formula is C21H31N5O2. The average Bonchev–Trinajstić information content (AvgIpc) is 3.14. The van der Waals surface area contributed by atoms with Gasteiger partial charge in [0.25, 0.3) is 0 Å². The molecule has 4 rings (SSSR count). The van der Waals surface area contributed by atoms with Crippen LogP contribution in [0.5, 0.6) is 0 Å². The van der Waals surface area contributed by atoms with Gasteiger partial charge in [-0.05, 0) is 45.4 Å². The fourth-order valence-corrected chi connectivity index (χ4v) is 4.51. The summed E-state index contributed by atoms with van der Waals surface area (Å²) in [7, 11) is 0. The maximum Gasteiger partial charge on any atom is 0.238 e. The highest BCUT2D eigenvalue weighted by atomic mass is 16.3. The van der Waals surface area contributed by atoms with E-state index in [1.165, 1.54) is 0 Å². The molecule has 4 atom stereocenters. The molecule has 1 aromatic carbocycles. The second-order valence-corrected chi connectivity index (χ2v) is 8.09. The van der Waals surface area contributed by atoms with Crippen LogP contribution in [-0.4, -0.2) is 66.6 Å². The van der Waals surface area contributed by atoms with Crippen molar-refractivity contribution in [1.29, 1.82) is 0 Å². The second kappa shape index (κ2) is 8.59. The van der Waals surface area contributed by atoms with Crippen LogP contribution in [0.1, 0.15) is 38.5 Å². The van der Waals surface area contributed by atoms with Gasteiger partial charge in [-0.15, -0.1) is 0 Å². The molecule has 7 heteroatoms. The Hall–Kier alpha value is -1.96. The predicted molar refractivity (Wildman–Crippen MR) is 109 cm³/mol. The molecule has 2 aliphatic heterocycles. The fraction of sp³-hybridized carbons (Fsp3) is 0.619. The molecule has 0 spiro atoms. The van der Waals surface area contributed by atoms with E-state index < -0.39 is 0 Å². The van der Waals surface area contributed by atoms with Crippen molar-refractivity contribution in [1.82, 2.24) is 25.8 Å². The number of carbonyl (C=O) groups excluding carboxylic acids is 1. The second-order valence-electron chi connectivity index (χ2n) is 8.09. The Morgan fingerprint density at radius 2 is 2.07 bits per heavy atom. The molecular weight excluding hydrogens is 354 g/mol. The van der Waals surface area contributed by atoms with Gasteiger partial charge in [0.2, 0.25) is 11.8 Å². The lowest BCUT2D eigenvalue weighted by atomic mass is 9.90. The number of nitrogens with one attached hydrogen (secondary N) is 3. The van der Waals surface area contributed by atoms with Gasteiger partial charge in [0.05, 0.1) is 12.0 Å². The van der Waals surface area contributed by atoms with Crippen LogP contribution in [0.2, 0.25) is 0 Å². The first-order valence-corrected chi connectivity index (χ1v) is 10.5. The maximum atomic E-state index is 12.9. The molecule has 3 heterocycles. The molecule has 7 nitrogen and oxygen atoms in total. The lowest BCUT2D eigenvalue weighted by Crippen LogP contribution is -2.57. The molecule has 152 valence electrons. The molecule has 0 aliphatic carbocycles. The highest BCUT2D eigenvalue weighted by Crippen LogP contribution is 2.30. The summed E-state index contributed by atoms with van der Waals surface area (Å²) >= 11 is 0. The number of aromatic nitrogens is 1. The number of piperidine rings is 1. The summed E-state index contributed by atoms with van der Waals surface area (Å²) in [4.78, 5) is 20.0. The first-order chi connectivity index (χ1) is 13.6. The van der Waals surface area contributed by atoms with E-state index in [4.69, 9.17) is 4.42 Å². The van der Waals surface area contributed by atoms with Crippen molar-refractivity contribution in [2.24, 2.45) is 0 Å². The van der Waals surface area contributed by atoms with Gasteiger partial charge in [0.15, 0.2) is 5.58 Å². The highest BCUT2D eigenvalue weighted by molar-refractivity contribution is 5.83. The summed E-state index contributed by atoms with van der Waals surface area (Å²) in [5.41, 5.74) is 1.63. The number of nitrogens with zero attached hydrogens (tertiary/aromatic N) is 2. The van der Waals surface area contributed by atoms with E-state index >= 15 is 0 Å². The smallest absolute Gasteiger partial charge is 0.238 e.